The minimum Gasteiger partial charge on any atom is -0.355 e. The van der Waals surface area contributed by atoms with Gasteiger partial charge in [-0.25, -0.2) is 8.42 Å². The molecule has 3 aromatic rings. The Kier molecular flexibility index (Phi) is 10.5. The maximum atomic E-state index is 13.9. The molecule has 3 rings (SSSR count). The summed E-state index contributed by atoms with van der Waals surface area (Å²) >= 11 is 25.0. The fraction of sp³-hybridized carbons (Fsp3) is 0.259. The molecule has 208 valence electrons. The number of anilines is 1. The Hall–Kier alpha value is -2.49. The first-order valence-corrected chi connectivity index (χ1v) is 14.9. The highest BCUT2D eigenvalue weighted by atomic mass is 35.5. The second kappa shape index (κ2) is 13.2. The van der Waals surface area contributed by atoms with Gasteiger partial charge in [-0.2, -0.15) is 0 Å². The standard InChI is InChI=1S/C27H27Cl4N3O4S/c1-4-32-27(36)18(3)33(15-21-22(28)6-5-7-23(21)29)26(35)16-34(19-10-13-24(30)25(31)14-19)39(37,38)20-11-8-17(2)9-12-20/h5-14,18H,4,15-16H2,1-3H3,(H,32,36)/t18-/m0/s1. The summed E-state index contributed by atoms with van der Waals surface area (Å²) in [5.74, 6) is -1.08. The molecule has 0 aromatic heterocycles. The lowest BCUT2D eigenvalue weighted by Crippen LogP contribution is -2.51. The van der Waals surface area contributed by atoms with Crippen LogP contribution in [-0.2, 0) is 26.2 Å². The average Bonchev–Trinajstić information content (AvgIpc) is 2.88. The number of sulfonamides is 1. The number of aryl methyl sites for hydroxylation is 1. The number of nitrogens with one attached hydrogen (secondary N) is 1. The third kappa shape index (κ3) is 7.38. The van der Waals surface area contributed by atoms with Gasteiger partial charge in [0.1, 0.15) is 12.6 Å². The number of carbonyl (C=O) groups excluding carboxylic acids is 2. The smallest absolute Gasteiger partial charge is 0.264 e. The molecule has 0 fully saturated rings. The number of hydrogen-bond acceptors (Lipinski definition) is 4. The van der Waals surface area contributed by atoms with Crippen molar-refractivity contribution in [3.8, 4) is 0 Å². The predicted octanol–water partition coefficient (Wildman–Crippen LogP) is 6.36. The molecule has 0 saturated carbocycles. The van der Waals surface area contributed by atoms with Gasteiger partial charge in [0, 0.05) is 28.7 Å². The van der Waals surface area contributed by atoms with Crippen molar-refractivity contribution in [1.29, 1.82) is 0 Å². The highest BCUT2D eigenvalue weighted by molar-refractivity contribution is 7.92. The molecule has 0 spiro atoms. The summed E-state index contributed by atoms with van der Waals surface area (Å²) in [7, 11) is -4.24. The van der Waals surface area contributed by atoms with Crippen molar-refractivity contribution in [1.82, 2.24) is 10.2 Å². The number of carbonyl (C=O) groups is 2. The number of amides is 2. The zero-order chi connectivity index (χ0) is 28.9. The molecule has 0 bridgehead atoms. The van der Waals surface area contributed by atoms with E-state index in [1.54, 1.807) is 44.2 Å². The predicted molar refractivity (Wildman–Crippen MR) is 157 cm³/mol. The van der Waals surface area contributed by atoms with Crippen molar-refractivity contribution in [3.63, 3.8) is 0 Å². The molecule has 0 aliphatic carbocycles. The van der Waals surface area contributed by atoms with E-state index in [0.29, 0.717) is 22.2 Å². The van der Waals surface area contributed by atoms with Crippen molar-refractivity contribution < 1.29 is 18.0 Å². The minimum absolute atomic E-state index is 0.0237. The molecule has 3 aromatic carbocycles. The lowest BCUT2D eigenvalue weighted by molar-refractivity contribution is -0.139. The van der Waals surface area contributed by atoms with Crippen LogP contribution in [0.4, 0.5) is 5.69 Å². The van der Waals surface area contributed by atoms with Crippen LogP contribution in [0.3, 0.4) is 0 Å². The van der Waals surface area contributed by atoms with Gasteiger partial charge >= 0.3 is 0 Å². The van der Waals surface area contributed by atoms with Gasteiger partial charge in [-0.15, -0.1) is 0 Å². The van der Waals surface area contributed by atoms with E-state index in [9.17, 15) is 18.0 Å². The molecule has 0 unspecified atom stereocenters. The van der Waals surface area contributed by atoms with Gasteiger partial charge in [-0.3, -0.25) is 13.9 Å². The third-order valence-corrected chi connectivity index (χ3v) is 9.22. The van der Waals surface area contributed by atoms with Crippen molar-refractivity contribution >= 4 is 73.9 Å². The Morgan fingerprint density at radius 3 is 2.08 bits per heavy atom. The lowest BCUT2D eigenvalue weighted by atomic mass is 10.1. The molecule has 0 aliphatic rings. The van der Waals surface area contributed by atoms with Crippen LogP contribution in [0.5, 0.6) is 0 Å². The van der Waals surface area contributed by atoms with Crippen LogP contribution >= 0.6 is 46.4 Å². The molecule has 0 aliphatic heterocycles. The number of nitrogens with zero attached hydrogens (tertiary/aromatic N) is 2. The summed E-state index contributed by atoms with van der Waals surface area (Å²) in [6.45, 7) is 4.70. The summed E-state index contributed by atoms with van der Waals surface area (Å²) in [5, 5.41) is 3.63. The van der Waals surface area contributed by atoms with Gasteiger partial charge in [0.2, 0.25) is 11.8 Å². The van der Waals surface area contributed by atoms with Gasteiger partial charge in [0.25, 0.3) is 10.0 Å². The first-order chi connectivity index (χ1) is 18.4. The Morgan fingerprint density at radius 2 is 1.51 bits per heavy atom. The van der Waals surface area contributed by atoms with Gasteiger partial charge in [0.15, 0.2) is 0 Å². The Balaban J connectivity index is 2.09. The van der Waals surface area contributed by atoms with Crippen LogP contribution < -0.4 is 9.62 Å². The lowest BCUT2D eigenvalue weighted by Gasteiger charge is -2.32. The molecule has 0 radical (unpaired) electrons. The molecule has 1 atom stereocenters. The highest BCUT2D eigenvalue weighted by Crippen LogP contribution is 2.32. The van der Waals surface area contributed by atoms with E-state index in [0.717, 1.165) is 9.87 Å². The van der Waals surface area contributed by atoms with Crippen LogP contribution in [0.2, 0.25) is 20.1 Å². The van der Waals surface area contributed by atoms with Crippen LogP contribution in [0.25, 0.3) is 0 Å². The second-order valence-corrected chi connectivity index (χ2v) is 12.2. The zero-order valence-corrected chi connectivity index (χ0v) is 25.3. The number of rotatable bonds is 10. The minimum atomic E-state index is -4.24. The van der Waals surface area contributed by atoms with Crippen LogP contribution in [0.15, 0.2) is 65.6 Å². The molecular formula is C27H27Cl4N3O4S. The fourth-order valence-corrected chi connectivity index (χ4v) is 5.98. The molecule has 12 heteroatoms. The van der Waals surface area contributed by atoms with Gasteiger partial charge in [-0.05, 0) is 63.2 Å². The van der Waals surface area contributed by atoms with Crippen molar-refractivity contribution in [2.24, 2.45) is 0 Å². The Labute approximate surface area is 248 Å². The highest BCUT2D eigenvalue weighted by Gasteiger charge is 2.33. The third-order valence-electron chi connectivity index (χ3n) is 5.99. The fourth-order valence-electron chi connectivity index (χ4n) is 3.76. The molecule has 7 nitrogen and oxygen atoms in total. The number of benzene rings is 3. The first kappa shape index (κ1) is 31.0. The number of likely N-dealkylation sites (N-methyl/N-ethyl adjacent to an activating group) is 1. The quantitative estimate of drug-likeness (QED) is 0.283. The van der Waals surface area contributed by atoms with E-state index >= 15 is 0 Å². The number of hydrogen-bond donors (Lipinski definition) is 1. The summed E-state index contributed by atoms with van der Waals surface area (Å²) < 4.78 is 28.6. The summed E-state index contributed by atoms with van der Waals surface area (Å²) in [6.07, 6.45) is 0. The van der Waals surface area contributed by atoms with Crippen LogP contribution in [0, 0.1) is 6.92 Å². The molecule has 0 heterocycles. The molecular weight excluding hydrogens is 604 g/mol. The van der Waals surface area contributed by atoms with E-state index in [2.05, 4.69) is 5.32 Å². The first-order valence-electron chi connectivity index (χ1n) is 11.9. The van der Waals surface area contributed by atoms with Crippen LogP contribution in [-0.4, -0.2) is 44.3 Å². The summed E-state index contributed by atoms with van der Waals surface area (Å²) in [4.78, 5) is 27.9. The largest absolute Gasteiger partial charge is 0.355 e. The van der Waals surface area contributed by atoms with Crippen LogP contribution in [0.1, 0.15) is 25.0 Å². The van der Waals surface area contributed by atoms with E-state index in [1.807, 2.05) is 6.92 Å². The second-order valence-electron chi connectivity index (χ2n) is 8.72. The van der Waals surface area contributed by atoms with Gasteiger partial charge in [0.05, 0.1) is 20.6 Å². The van der Waals surface area contributed by atoms with E-state index in [4.69, 9.17) is 46.4 Å². The molecule has 39 heavy (non-hydrogen) atoms. The summed E-state index contributed by atoms with van der Waals surface area (Å²) in [5.41, 5.74) is 1.41. The Morgan fingerprint density at radius 1 is 0.897 bits per heavy atom. The van der Waals surface area contributed by atoms with E-state index in [1.165, 1.54) is 35.2 Å². The van der Waals surface area contributed by atoms with E-state index in [-0.39, 0.29) is 27.2 Å². The normalized spacial score (nSPS) is 12.1. The zero-order valence-electron chi connectivity index (χ0n) is 21.4. The molecule has 0 saturated heterocycles. The van der Waals surface area contributed by atoms with Crippen molar-refractivity contribution in [2.75, 3.05) is 17.4 Å². The SMILES string of the molecule is CCNC(=O)[C@H](C)N(Cc1c(Cl)cccc1Cl)C(=O)CN(c1ccc(Cl)c(Cl)c1)S(=O)(=O)c1ccc(C)cc1. The maximum Gasteiger partial charge on any atom is 0.264 e. The monoisotopic (exact) mass is 629 g/mol. The number of halogens is 4. The van der Waals surface area contributed by atoms with Crippen molar-refractivity contribution in [2.45, 2.75) is 38.3 Å². The van der Waals surface area contributed by atoms with Gasteiger partial charge < -0.3 is 10.2 Å². The molecule has 2 amide bonds. The van der Waals surface area contributed by atoms with E-state index < -0.39 is 34.4 Å². The van der Waals surface area contributed by atoms with Gasteiger partial charge in [-0.1, -0.05) is 70.2 Å². The average molecular weight is 631 g/mol. The topological polar surface area (TPSA) is 86.8 Å². The maximum absolute atomic E-state index is 13.9. The molecule has 1 N–H and O–H groups in total. The van der Waals surface area contributed by atoms with Crippen molar-refractivity contribution in [3.05, 3.63) is 91.9 Å². The Bertz CT molecular complexity index is 1450. The summed E-state index contributed by atoms with van der Waals surface area (Å²) in [6, 6.07) is 14.4.